The van der Waals surface area contributed by atoms with Gasteiger partial charge in [0.2, 0.25) is 10.0 Å². The maximum Gasteiger partial charge on any atom is 0.241 e. The van der Waals surface area contributed by atoms with Crippen molar-refractivity contribution in [2.24, 2.45) is 0 Å². The molecule has 0 amide bonds. The van der Waals surface area contributed by atoms with Gasteiger partial charge in [-0.05, 0) is 47.5 Å². The molecule has 0 aliphatic rings. The fourth-order valence-electron chi connectivity index (χ4n) is 1.10. The second-order valence-corrected chi connectivity index (χ2v) is 6.96. The lowest BCUT2D eigenvalue weighted by atomic mass is 10.3. The number of sulfonamides is 1. The summed E-state index contributed by atoms with van der Waals surface area (Å²) < 4.78 is 28.0. The summed E-state index contributed by atoms with van der Waals surface area (Å²) in [5, 5.41) is 0. The first kappa shape index (κ1) is 14.2. The molecule has 1 aromatic rings. The van der Waals surface area contributed by atoms with Gasteiger partial charge < -0.3 is 0 Å². The predicted molar refractivity (Wildman–Crippen MR) is 71.9 cm³/mol. The van der Waals surface area contributed by atoms with Crippen molar-refractivity contribution in [1.29, 1.82) is 0 Å². The van der Waals surface area contributed by atoms with Gasteiger partial charge in [-0.15, -0.1) is 0 Å². The molecule has 1 N–H and O–H groups in total. The van der Waals surface area contributed by atoms with Crippen molar-refractivity contribution in [3.05, 3.63) is 27.1 Å². The monoisotopic (exact) mass is 369 g/mol. The molecular weight excluding hydrogens is 358 g/mol. The van der Waals surface area contributed by atoms with E-state index in [0.29, 0.717) is 4.47 Å². The molecule has 0 radical (unpaired) electrons. The second kappa shape index (κ2) is 5.62. The molecule has 0 fully saturated rings. The van der Waals surface area contributed by atoms with Crippen LogP contribution < -0.4 is 4.72 Å². The highest BCUT2D eigenvalue weighted by Crippen LogP contribution is 2.25. The number of hydrogen-bond donors (Lipinski definition) is 1. The van der Waals surface area contributed by atoms with E-state index in [4.69, 9.17) is 0 Å². The highest BCUT2D eigenvalue weighted by molar-refractivity contribution is 9.11. The smallest absolute Gasteiger partial charge is 0.208 e. The van der Waals surface area contributed by atoms with Crippen molar-refractivity contribution in [2.45, 2.75) is 31.2 Å². The molecule has 3 nitrogen and oxygen atoms in total. The van der Waals surface area contributed by atoms with Crippen LogP contribution in [-0.2, 0) is 10.0 Å². The molecule has 6 heteroatoms. The summed E-state index contributed by atoms with van der Waals surface area (Å²) in [5.41, 5.74) is 0. The van der Waals surface area contributed by atoms with Gasteiger partial charge in [0.1, 0.15) is 0 Å². The summed E-state index contributed by atoms with van der Waals surface area (Å²) in [6.45, 7) is 3.77. The zero-order valence-electron chi connectivity index (χ0n) is 9.00. The predicted octanol–water partition coefficient (Wildman–Crippen LogP) is 3.29. The Morgan fingerprint density at radius 1 is 1.38 bits per heavy atom. The number of benzene rings is 1. The van der Waals surface area contributed by atoms with Crippen LogP contribution in [0, 0.1) is 0 Å². The van der Waals surface area contributed by atoms with Crippen LogP contribution in [0.5, 0.6) is 0 Å². The molecule has 1 rings (SSSR count). The largest absolute Gasteiger partial charge is 0.241 e. The van der Waals surface area contributed by atoms with Crippen molar-refractivity contribution >= 4 is 41.9 Å². The normalized spacial score (nSPS) is 13.8. The fraction of sp³-hybridized carbons (Fsp3) is 0.400. The van der Waals surface area contributed by atoms with Gasteiger partial charge in [0.25, 0.3) is 0 Å². The fourth-order valence-corrected chi connectivity index (χ4v) is 4.18. The van der Waals surface area contributed by atoms with Gasteiger partial charge >= 0.3 is 0 Å². The molecule has 0 spiro atoms. The van der Waals surface area contributed by atoms with Gasteiger partial charge in [-0.1, -0.05) is 22.9 Å². The van der Waals surface area contributed by atoms with Crippen molar-refractivity contribution in [2.75, 3.05) is 0 Å². The van der Waals surface area contributed by atoms with E-state index in [-0.39, 0.29) is 10.9 Å². The van der Waals surface area contributed by atoms with Gasteiger partial charge in [0, 0.05) is 15.0 Å². The lowest BCUT2D eigenvalue weighted by molar-refractivity contribution is 0.555. The Labute approximate surface area is 113 Å². The minimum absolute atomic E-state index is 0.0689. The first-order valence-corrected chi connectivity index (χ1v) is 7.91. The summed E-state index contributed by atoms with van der Waals surface area (Å²) in [6.07, 6.45) is 0.757. The van der Waals surface area contributed by atoms with Crippen molar-refractivity contribution < 1.29 is 8.42 Å². The number of nitrogens with one attached hydrogen (secondary N) is 1. The van der Waals surface area contributed by atoms with E-state index < -0.39 is 10.0 Å². The van der Waals surface area contributed by atoms with Crippen molar-refractivity contribution in [3.8, 4) is 0 Å². The molecule has 0 bridgehead atoms. The van der Waals surface area contributed by atoms with Gasteiger partial charge in [-0.25, -0.2) is 13.1 Å². The SMILES string of the molecule is CCC(C)NS(=O)(=O)c1ccc(Br)cc1Br. The third-order valence-corrected chi connectivity index (χ3v) is 5.21. The Balaban J connectivity index is 3.08. The van der Waals surface area contributed by atoms with E-state index in [1.165, 1.54) is 0 Å². The molecular formula is C10H13Br2NO2S. The maximum absolute atomic E-state index is 12.0. The number of halogens is 2. The third-order valence-electron chi connectivity index (χ3n) is 2.15. The molecule has 1 aromatic carbocycles. The summed E-state index contributed by atoms with van der Waals surface area (Å²) >= 11 is 6.53. The van der Waals surface area contributed by atoms with Crippen LogP contribution in [0.3, 0.4) is 0 Å². The number of hydrogen-bond acceptors (Lipinski definition) is 2. The van der Waals surface area contributed by atoms with Crippen LogP contribution in [0.1, 0.15) is 20.3 Å². The summed E-state index contributed by atoms with van der Waals surface area (Å²) in [4.78, 5) is 0.260. The molecule has 0 saturated heterocycles. The lowest BCUT2D eigenvalue weighted by Crippen LogP contribution is -2.32. The molecule has 90 valence electrons. The average Bonchev–Trinajstić information content (AvgIpc) is 2.16. The van der Waals surface area contributed by atoms with Gasteiger partial charge in [-0.3, -0.25) is 0 Å². The van der Waals surface area contributed by atoms with Gasteiger partial charge in [-0.2, -0.15) is 0 Å². The number of rotatable bonds is 4. The van der Waals surface area contributed by atoms with E-state index in [1.807, 2.05) is 13.8 Å². The summed E-state index contributed by atoms with van der Waals surface area (Å²) in [6, 6.07) is 4.92. The Morgan fingerprint density at radius 2 is 2.00 bits per heavy atom. The molecule has 0 saturated carbocycles. The highest BCUT2D eigenvalue weighted by Gasteiger charge is 2.19. The molecule has 0 aromatic heterocycles. The highest BCUT2D eigenvalue weighted by atomic mass is 79.9. The van der Waals surface area contributed by atoms with E-state index in [1.54, 1.807) is 18.2 Å². The van der Waals surface area contributed by atoms with Crippen LogP contribution in [0.15, 0.2) is 32.0 Å². The second-order valence-electron chi connectivity index (χ2n) is 3.51. The molecule has 0 aliphatic heterocycles. The summed E-state index contributed by atoms with van der Waals surface area (Å²) in [5.74, 6) is 0. The Kier molecular flexibility index (Phi) is 4.97. The molecule has 1 unspecified atom stereocenters. The third kappa shape index (κ3) is 3.55. The minimum atomic E-state index is -3.44. The van der Waals surface area contributed by atoms with Crippen molar-refractivity contribution in [1.82, 2.24) is 4.72 Å². The molecule has 0 heterocycles. The lowest BCUT2D eigenvalue weighted by Gasteiger charge is -2.13. The van der Waals surface area contributed by atoms with E-state index >= 15 is 0 Å². The van der Waals surface area contributed by atoms with Gasteiger partial charge in [0.05, 0.1) is 4.90 Å². The van der Waals surface area contributed by atoms with E-state index in [0.717, 1.165) is 10.9 Å². The van der Waals surface area contributed by atoms with Crippen molar-refractivity contribution in [3.63, 3.8) is 0 Å². The first-order valence-electron chi connectivity index (χ1n) is 4.84. The maximum atomic E-state index is 12.0. The molecule has 0 aliphatic carbocycles. The molecule has 16 heavy (non-hydrogen) atoms. The Bertz CT molecular complexity index is 474. The van der Waals surface area contributed by atoms with Crippen LogP contribution in [0.2, 0.25) is 0 Å². The van der Waals surface area contributed by atoms with Crippen LogP contribution in [0.4, 0.5) is 0 Å². The summed E-state index contributed by atoms with van der Waals surface area (Å²) in [7, 11) is -3.44. The van der Waals surface area contributed by atoms with E-state index in [9.17, 15) is 8.42 Å². The standard InChI is InChI=1S/C10H13Br2NO2S/c1-3-7(2)13-16(14,15)10-5-4-8(11)6-9(10)12/h4-7,13H,3H2,1-2H3. The van der Waals surface area contributed by atoms with Crippen LogP contribution >= 0.6 is 31.9 Å². The quantitative estimate of drug-likeness (QED) is 0.883. The topological polar surface area (TPSA) is 46.2 Å². The zero-order chi connectivity index (χ0) is 12.3. The first-order chi connectivity index (χ1) is 7.36. The Morgan fingerprint density at radius 3 is 2.50 bits per heavy atom. The van der Waals surface area contributed by atoms with Gasteiger partial charge in [0.15, 0.2) is 0 Å². The minimum Gasteiger partial charge on any atom is -0.208 e. The van der Waals surface area contributed by atoms with Crippen LogP contribution in [0.25, 0.3) is 0 Å². The average molecular weight is 371 g/mol. The molecule has 1 atom stereocenters. The Hall–Kier alpha value is 0.0900. The van der Waals surface area contributed by atoms with Crippen LogP contribution in [-0.4, -0.2) is 14.5 Å². The zero-order valence-corrected chi connectivity index (χ0v) is 13.0. The van der Waals surface area contributed by atoms with E-state index in [2.05, 4.69) is 36.6 Å².